The molecule has 1 aliphatic heterocycles. The van der Waals surface area contributed by atoms with E-state index in [1.165, 1.54) is 0 Å². The molecule has 176 valence electrons. The van der Waals surface area contributed by atoms with Gasteiger partial charge >= 0.3 is 12.0 Å². The Bertz CT molecular complexity index is 998. The molecule has 1 heterocycles. The van der Waals surface area contributed by atoms with Gasteiger partial charge in [0.05, 0.1) is 37.1 Å². The summed E-state index contributed by atoms with van der Waals surface area (Å²) in [6, 6.07) is 13.5. The highest BCUT2D eigenvalue weighted by Gasteiger charge is 2.36. The van der Waals surface area contributed by atoms with Crippen molar-refractivity contribution in [1.82, 2.24) is 10.6 Å². The molecule has 0 radical (unpaired) electrons. The van der Waals surface area contributed by atoms with Gasteiger partial charge in [-0.1, -0.05) is 38.0 Å². The molecule has 2 N–H and O–H groups in total. The van der Waals surface area contributed by atoms with E-state index >= 15 is 0 Å². The molecular formula is C26H32N2O5. The number of carbonyl (C=O) groups excluding carboxylic acids is 2. The Balaban J connectivity index is 2.08. The minimum atomic E-state index is -0.732. The van der Waals surface area contributed by atoms with E-state index in [2.05, 4.69) is 17.6 Å². The Morgan fingerprint density at radius 3 is 2.45 bits per heavy atom. The summed E-state index contributed by atoms with van der Waals surface area (Å²) in [6.45, 7) is 6.28. The second kappa shape index (κ2) is 11.4. The quantitative estimate of drug-likeness (QED) is 0.392. The van der Waals surface area contributed by atoms with Crippen LogP contribution >= 0.6 is 0 Å². The van der Waals surface area contributed by atoms with Gasteiger partial charge in [-0.25, -0.2) is 9.59 Å². The molecule has 0 spiro atoms. The zero-order valence-electron chi connectivity index (χ0n) is 19.6. The van der Waals surface area contributed by atoms with E-state index in [4.69, 9.17) is 14.2 Å². The second-order valence-electron chi connectivity index (χ2n) is 8.10. The van der Waals surface area contributed by atoms with Gasteiger partial charge in [0, 0.05) is 5.56 Å². The van der Waals surface area contributed by atoms with E-state index in [1.54, 1.807) is 45.2 Å². The number of para-hydroxylation sites is 1. The second-order valence-corrected chi connectivity index (χ2v) is 8.10. The summed E-state index contributed by atoms with van der Waals surface area (Å²) in [5.41, 5.74) is 2.09. The Morgan fingerprint density at radius 2 is 1.79 bits per heavy atom. The van der Waals surface area contributed by atoms with Gasteiger partial charge in [-0.15, -0.1) is 0 Å². The number of methoxy groups -OCH3 is 1. The average molecular weight is 453 g/mol. The number of benzene rings is 2. The summed E-state index contributed by atoms with van der Waals surface area (Å²) in [5, 5.41) is 5.69. The Hall–Kier alpha value is -3.48. The summed E-state index contributed by atoms with van der Waals surface area (Å²) < 4.78 is 16.9. The molecule has 1 unspecified atom stereocenters. The molecule has 7 heteroatoms. The number of amides is 2. The number of nitrogens with one attached hydrogen (secondary N) is 2. The van der Waals surface area contributed by atoms with Crippen molar-refractivity contribution in [1.29, 1.82) is 0 Å². The molecule has 33 heavy (non-hydrogen) atoms. The number of esters is 1. The van der Waals surface area contributed by atoms with Crippen LogP contribution < -0.4 is 20.1 Å². The van der Waals surface area contributed by atoms with Crippen LogP contribution in [0.25, 0.3) is 5.70 Å². The lowest BCUT2D eigenvalue weighted by atomic mass is 9.92. The standard InChI is InChI=1S/C26H32N2O5/c1-5-6-9-16-32-21-11-8-7-10-20(21)24-22(25(29)33-17(2)3)23(27-26(30)28-24)18-12-14-19(31-4)15-13-18/h7-8,10-15,17,24H,5-6,9,16H2,1-4H3,(H2,27,28,30). The van der Waals surface area contributed by atoms with Crippen LogP contribution in [0.4, 0.5) is 4.79 Å². The summed E-state index contributed by atoms with van der Waals surface area (Å²) in [6.07, 6.45) is 2.77. The molecule has 2 aromatic rings. The van der Waals surface area contributed by atoms with E-state index in [-0.39, 0.29) is 6.10 Å². The van der Waals surface area contributed by atoms with Crippen molar-refractivity contribution in [2.75, 3.05) is 13.7 Å². The highest BCUT2D eigenvalue weighted by Crippen LogP contribution is 2.36. The summed E-state index contributed by atoms with van der Waals surface area (Å²) >= 11 is 0. The molecule has 0 fully saturated rings. The van der Waals surface area contributed by atoms with Gasteiger partial charge in [0.1, 0.15) is 11.5 Å². The molecule has 0 aliphatic carbocycles. The van der Waals surface area contributed by atoms with E-state index in [0.717, 1.165) is 19.3 Å². The average Bonchev–Trinajstić information content (AvgIpc) is 2.81. The smallest absolute Gasteiger partial charge is 0.338 e. The maximum Gasteiger partial charge on any atom is 0.338 e. The Labute approximate surface area is 195 Å². The third kappa shape index (κ3) is 6.06. The zero-order chi connectivity index (χ0) is 23.8. The first-order valence-electron chi connectivity index (χ1n) is 11.3. The van der Waals surface area contributed by atoms with Crippen molar-refractivity contribution < 1.29 is 23.8 Å². The molecule has 3 rings (SSSR count). The van der Waals surface area contributed by atoms with E-state index in [9.17, 15) is 9.59 Å². The predicted molar refractivity (Wildman–Crippen MR) is 127 cm³/mol. The molecule has 1 atom stereocenters. The van der Waals surface area contributed by atoms with Gasteiger partial charge in [-0.05, 0) is 56.2 Å². The maximum atomic E-state index is 13.3. The van der Waals surface area contributed by atoms with Gasteiger partial charge < -0.3 is 24.8 Å². The summed E-state index contributed by atoms with van der Waals surface area (Å²) in [7, 11) is 1.58. The number of hydrogen-bond acceptors (Lipinski definition) is 5. The van der Waals surface area contributed by atoms with Crippen LogP contribution in [-0.4, -0.2) is 31.8 Å². The van der Waals surface area contributed by atoms with Crippen molar-refractivity contribution in [3.63, 3.8) is 0 Å². The molecule has 1 aliphatic rings. The third-order valence-electron chi connectivity index (χ3n) is 5.25. The predicted octanol–water partition coefficient (Wildman–Crippen LogP) is 4.98. The highest BCUT2D eigenvalue weighted by molar-refractivity contribution is 6.04. The van der Waals surface area contributed by atoms with E-state index < -0.39 is 18.0 Å². The first-order chi connectivity index (χ1) is 15.9. The molecule has 0 saturated carbocycles. The fourth-order valence-corrected chi connectivity index (χ4v) is 3.67. The molecule has 0 bridgehead atoms. The van der Waals surface area contributed by atoms with Gasteiger partial charge in [0.2, 0.25) is 0 Å². The lowest BCUT2D eigenvalue weighted by molar-refractivity contribution is -0.143. The molecule has 2 amide bonds. The number of unbranched alkanes of at least 4 members (excludes halogenated alkanes) is 2. The van der Waals surface area contributed by atoms with Crippen molar-refractivity contribution in [3.8, 4) is 11.5 Å². The number of urea groups is 1. The minimum absolute atomic E-state index is 0.318. The minimum Gasteiger partial charge on any atom is -0.497 e. The number of carbonyl (C=O) groups is 2. The number of ether oxygens (including phenoxy) is 3. The van der Waals surface area contributed by atoms with E-state index in [1.807, 2.05) is 24.3 Å². The van der Waals surface area contributed by atoms with Crippen LogP contribution in [-0.2, 0) is 9.53 Å². The Kier molecular flexibility index (Phi) is 8.35. The normalized spacial score (nSPS) is 15.7. The van der Waals surface area contributed by atoms with Crippen molar-refractivity contribution in [2.45, 2.75) is 52.2 Å². The highest BCUT2D eigenvalue weighted by atomic mass is 16.5. The van der Waals surface area contributed by atoms with Gasteiger partial charge in [-0.2, -0.15) is 0 Å². The van der Waals surface area contributed by atoms with Gasteiger partial charge in [0.15, 0.2) is 0 Å². The molecular weight excluding hydrogens is 420 g/mol. The van der Waals surface area contributed by atoms with Gasteiger partial charge in [-0.3, -0.25) is 0 Å². The van der Waals surface area contributed by atoms with E-state index in [0.29, 0.717) is 40.5 Å². The topological polar surface area (TPSA) is 85.9 Å². The van der Waals surface area contributed by atoms with Crippen LogP contribution in [0.2, 0.25) is 0 Å². The number of rotatable bonds is 10. The maximum absolute atomic E-state index is 13.3. The monoisotopic (exact) mass is 452 g/mol. The molecule has 0 saturated heterocycles. The van der Waals surface area contributed by atoms with Crippen LogP contribution in [0, 0.1) is 0 Å². The molecule has 2 aromatic carbocycles. The first kappa shape index (κ1) is 24.2. The lowest BCUT2D eigenvalue weighted by Crippen LogP contribution is -2.45. The first-order valence-corrected chi connectivity index (χ1v) is 11.3. The van der Waals surface area contributed by atoms with Crippen molar-refractivity contribution in [2.24, 2.45) is 0 Å². The molecule has 0 aromatic heterocycles. The van der Waals surface area contributed by atoms with Crippen LogP contribution in [0.3, 0.4) is 0 Å². The van der Waals surface area contributed by atoms with Crippen LogP contribution in [0.5, 0.6) is 11.5 Å². The largest absolute Gasteiger partial charge is 0.497 e. The van der Waals surface area contributed by atoms with Crippen LogP contribution in [0.15, 0.2) is 54.1 Å². The van der Waals surface area contributed by atoms with Crippen molar-refractivity contribution in [3.05, 3.63) is 65.2 Å². The van der Waals surface area contributed by atoms with Gasteiger partial charge in [0.25, 0.3) is 0 Å². The summed E-state index contributed by atoms with van der Waals surface area (Å²) in [5.74, 6) is 0.798. The SMILES string of the molecule is CCCCCOc1ccccc1C1NC(=O)NC(c2ccc(OC)cc2)=C1C(=O)OC(C)C. The number of hydrogen-bond donors (Lipinski definition) is 2. The molecule has 7 nitrogen and oxygen atoms in total. The fourth-order valence-electron chi connectivity index (χ4n) is 3.67. The Morgan fingerprint density at radius 1 is 1.06 bits per heavy atom. The third-order valence-corrected chi connectivity index (χ3v) is 5.25. The zero-order valence-corrected chi connectivity index (χ0v) is 19.6. The van der Waals surface area contributed by atoms with Crippen molar-refractivity contribution >= 4 is 17.7 Å². The van der Waals surface area contributed by atoms with Crippen LogP contribution in [0.1, 0.15) is 57.2 Å². The summed E-state index contributed by atoms with van der Waals surface area (Å²) in [4.78, 5) is 26.0. The fraction of sp³-hybridized carbons (Fsp3) is 0.385. The lowest BCUT2D eigenvalue weighted by Gasteiger charge is -2.31.